The van der Waals surface area contributed by atoms with Gasteiger partial charge in [-0.05, 0) is 39.4 Å². The van der Waals surface area contributed by atoms with Gasteiger partial charge in [-0.15, -0.1) is 0 Å². The fourth-order valence-electron chi connectivity index (χ4n) is 2.96. The first-order valence-corrected chi connectivity index (χ1v) is 8.54. The summed E-state index contributed by atoms with van der Waals surface area (Å²) in [7, 11) is 4.25. The van der Waals surface area contributed by atoms with E-state index in [1.165, 1.54) is 6.42 Å². The van der Waals surface area contributed by atoms with E-state index in [9.17, 15) is 4.79 Å². The summed E-state index contributed by atoms with van der Waals surface area (Å²) in [5, 5.41) is 6.94. The number of amides is 1. The molecule has 0 bridgehead atoms. The van der Waals surface area contributed by atoms with Crippen molar-refractivity contribution in [2.24, 2.45) is 5.92 Å². The summed E-state index contributed by atoms with van der Waals surface area (Å²) in [5.41, 5.74) is 0.953. The predicted molar refractivity (Wildman–Crippen MR) is 90.0 cm³/mol. The normalized spacial score (nSPS) is 19.0. The molecule has 1 aliphatic rings. The molecule has 6 heteroatoms. The van der Waals surface area contributed by atoms with Crippen molar-refractivity contribution < 1.29 is 9.32 Å². The van der Waals surface area contributed by atoms with E-state index >= 15 is 0 Å². The Hall–Kier alpha value is -1.40. The zero-order chi connectivity index (χ0) is 16.8. The monoisotopic (exact) mass is 322 g/mol. The van der Waals surface area contributed by atoms with Crippen LogP contribution in [0, 0.1) is 5.92 Å². The van der Waals surface area contributed by atoms with Crippen LogP contribution in [0.4, 0.5) is 0 Å². The molecule has 2 rings (SSSR count). The molecule has 1 fully saturated rings. The van der Waals surface area contributed by atoms with Gasteiger partial charge in [0.1, 0.15) is 0 Å². The van der Waals surface area contributed by atoms with Crippen molar-refractivity contribution in [3.05, 3.63) is 17.5 Å². The van der Waals surface area contributed by atoms with Gasteiger partial charge in [0.2, 0.25) is 5.91 Å². The highest BCUT2D eigenvalue weighted by Crippen LogP contribution is 2.12. The molecule has 0 saturated carbocycles. The first-order valence-electron chi connectivity index (χ1n) is 8.54. The zero-order valence-corrected chi connectivity index (χ0v) is 14.8. The molecule has 0 radical (unpaired) electrons. The standard InChI is InChI=1S/C17H30N4O2/c1-13(2)9-14-10-16(23-19-14)11-18-17(22)6-8-21(4)15-5-7-20(3)12-15/h10,13,15H,5-9,11-12H2,1-4H3,(H,18,22)/t15-/m0/s1. The van der Waals surface area contributed by atoms with Crippen molar-refractivity contribution in [3.8, 4) is 0 Å². The lowest BCUT2D eigenvalue weighted by molar-refractivity contribution is -0.121. The molecule has 23 heavy (non-hydrogen) atoms. The molecule has 1 aromatic heterocycles. The molecule has 1 N–H and O–H groups in total. The minimum Gasteiger partial charge on any atom is -0.359 e. The van der Waals surface area contributed by atoms with E-state index in [1.807, 2.05) is 6.07 Å². The molecule has 0 unspecified atom stereocenters. The van der Waals surface area contributed by atoms with E-state index < -0.39 is 0 Å². The molecule has 1 atom stereocenters. The van der Waals surface area contributed by atoms with E-state index in [0.29, 0.717) is 24.9 Å². The minimum atomic E-state index is 0.0602. The predicted octanol–water partition coefficient (Wildman–Crippen LogP) is 1.52. The van der Waals surface area contributed by atoms with E-state index in [0.717, 1.165) is 37.5 Å². The lowest BCUT2D eigenvalue weighted by Crippen LogP contribution is -2.36. The Kier molecular flexibility index (Phi) is 6.59. The van der Waals surface area contributed by atoms with Crippen LogP contribution in [0.3, 0.4) is 0 Å². The molecular weight excluding hydrogens is 292 g/mol. The molecule has 6 nitrogen and oxygen atoms in total. The van der Waals surface area contributed by atoms with Gasteiger partial charge >= 0.3 is 0 Å². The first-order chi connectivity index (χ1) is 10.9. The Morgan fingerprint density at radius 1 is 1.57 bits per heavy atom. The van der Waals surface area contributed by atoms with Crippen LogP contribution < -0.4 is 5.32 Å². The van der Waals surface area contributed by atoms with Crippen LogP contribution in [-0.4, -0.2) is 60.6 Å². The minimum absolute atomic E-state index is 0.0602. The van der Waals surface area contributed by atoms with Gasteiger partial charge in [-0.2, -0.15) is 0 Å². The van der Waals surface area contributed by atoms with Crippen molar-refractivity contribution in [1.29, 1.82) is 0 Å². The number of likely N-dealkylation sites (tertiary alicyclic amines) is 1. The summed E-state index contributed by atoms with van der Waals surface area (Å²) in [5.74, 6) is 1.33. The molecule has 2 heterocycles. The number of hydrogen-bond acceptors (Lipinski definition) is 5. The van der Waals surface area contributed by atoms with E-state index in [1.54, 1.807) is 0 Å². The Balaban J connectivity index is 1.65. The topological polar surface area (TPSA) is 61.6 Å². The van der Waals surface area contributed by atoms with Crippen LogP contribution in [0.1, 0.15) is 38.1 Å². The number of nitrogens with one attached hydrogen (secondary N) is 1. The Labute approximate surface area is 139 Å². The van der Waals surface area contributed by atoms with Crippen LogP contribution in [-0.2, 0) is 17.8 Å². The summed E-state index contributed by atoms with van der Waals surface area (Å²) in [6.07, 6.45) is 2.60. The van der Waals surface area contributed by atoms with Crippen molar-refractivity contribution >= 4 is 5.91 Å². The summed E-state index contributed by atoms with van der Waals surface area (Å²) in [6, 6.07) is 2.50. The number of hydrogen-bond donors (Lipinski definition) is 1. The lowest BCUT2D eigenvalue weighted by Gasteiger charge is -2.23. The largest absolute Gasteiger partial charge is 0.359 e. The molecule has 1 aliphatic heterocycles. The van der Waals surface area contributed by atoms with Crippen LogP contribution in [0.5, 0.6) is 0 Å². The van der Waals surface area contributed by atoms with Gasteiger partial charge in [-0.3, -0.25) is 4.79 Å². The number of rotatable bonds is 8. The lowest BCUT2D eigenvalue weighted by atomic mass is 10.1. The fourth-order valence-corrected chi connectivity index (χ4v) is 2.96. The third-order valence-electron chi connectivity index (χ3n) is 4.37. The fraction of sp³-hybridized carbons (Fsp3) is 0.765. The Morgan fingerprint density at radius 2 is 2.35 bits per heavy atom. The number of carbonyl (C=O) groups is 1. The number of carbonyl (C=O) groups excluding carboxylic acids is 1. The Morgan fingerprint density at radius 3 is 3.00 bits per heavy atom. The summed E-state index contributed by atoms with van der Waals surface area (Å²) in [4.78, 5) is 16.6. The second-order valence-electron chi connectivity index (χ2n) is 7.09. The number of aromatic nitrogens is 1. The summed E-state index contributed by atoms with van der Waals surface area (Å²) in [6.45, 7) is 7.74. The maximum Gasteiger partial charge on any atom is 0.221 e. The average molecular weight is 322 g/mol. The quantitative estimate of drug-likeness (QED) is 0.786. The van der Waals surface area contributed by atoms with Gasteiger partial charge in [0, 0.05) is 31.6 Å². The molecule has 0 spiro atoms. The third kappa shape index (κ3) is 5.95. The van der Waals surface area contributed by atoms with Crippen molar-refractivity contribution in [2.75, 3.05) is 33.7 Å². The highest BCUT2D eigenvalue weighted by molar-refractivity contribution is 5.75. The van der Waals surface area contributed by atoms with Gasteiger partial charge < -0.3 is 19.6 Å². The second-order valence-corrected chi connectivity index (χ2v) is 7.09. The van der Waals surface area contributed by atoms with E-state index in [2.05, 4.69) is 48.2 Å². The zero-order valence-electron chi connectivity index (χ0n) is 14.8. The maximum atomic E-state index is 12.0. The van der Waals surface area contributed by atoms with Gasteiger partial charge in [0.05, 0.1) is 12.2 Å². The van der Waals surface area contributed by atoms with Crippen LogP contribution in [0.25, 0.3) is 0 Å². The van der Waals surface area contributed by atoms with Crippen LogP contribution in [0.2, 0.25) is 0 Å². The second kappa shape index (κ2) is 8.45. The smallest absolute Gasteiger partial charge is 0.221 e. The number of nitrogens with zero attached hydrogens (tertiary/aromatic N) is 3. The summed E-state index contributed by atoms with van der Waals surface area (Å²) >= 11 is 0. The molecule has 1 aromatic rings. The number of likely N-dealkylation sites (N-methyl/N-ethyl adjacent to an activating group) is 2. The van der Waals surface area contributed by atoms with Crippen molar-refractivity contribution in [3.63, 3.8) is 0 Å². The maximum absolute atomic E-state index is 12.0. The molecule has 1 amide bonds. The molecule has 0 aliphatic carbocycles. The van der Waals surface area contributed by atoms with Gasteiger partial charge in [0.25, 0.3) is 0 Å². The average Bonchev–Trinajstić information content (AvgIpc) is 3.11. The third-order valence-corrected chi connectivity index (χ3v) is 4.37. The van der Waals surface area contributed by atoms with Crippen LogP contribution in [0.15, 0.2) is 10.6 Å². The van der Waals surface area contributed by atoms with Gasteiger partial charge in [-0.1, -0.05) is 19.0 Å². The molecule has 0 aromatic carbocycles. The summed E-state index contributed by atoms with van der Waals surface area (Å²) < 4.78 is 5.25. The molecule has 1 saturated heterocycles. The first kappa shape index (κ1) is 17.9. The highest BCUT2D eigenvalue weighted by Gasteiger charge is 2.23. The van der Waals surface area contributed by atoms with Crippen LogP contribution >= 0.6 is 0 Å². The van der Waals surface area contributed by atoms with Gasteiger partial charge in [0.15, 0.2) is 5.76 Å². The van der Waals surface area contributed by atoms with E-state index in [-0.39, 0.29) is 5.91 Å². The van der Waals surface area contributed by atoms with Gasteiger partial charge in [-0.25, -0.2) is 0 Å². The van der Waals surface area contributed by atoms with E-state index in [4.69, 9.17) is 4.52 Å². The Bertz CT molecular complexity index is 501. The molecule has 130 valence electrons. The SMILES string of the molecule is CC(C)Cc1cc(CNC(=O)CCN(C)[C@H]2CCN(C)C2)on1. The molecular formula is C17H30N4O2. The van der Waals surface area contributed by atoms with Crippen molar-refractivity contribution in [2.45, 2.75) is 45.7 Å². The van der Waals surface area contributed by atoms with Crippen molar-refractivity contribution in [1.82, 2.24) is 20.3 Å². The highest BCUT2D eigenvalue weighted by atomic mass is 16.5.